The Morgan fingerprint density at radius 1 is 1.23 bits per heavy atom. The molecule has 30 heavy (non-hydrogen) atoms. The van der Waals surface area contributed by atoms with Gasteiger partial charge in [0.15, 0.2) is 16.9 Å². The fraction of sp³-hybridized carbons (Fsp3) is 0.304. The molecule has 0 bridgehead atoms. The first-order chi connectivity index (χ1) is 14.4. The van der Waals surface area contributed by atoms with E-state index in [0.29, 0.717) is 28.1 Å². The van der Waals surface area contributed by atoms with Crippen LogP contribution in [0, 0.1) is 6.92 Å². The van der Waals surface area contributed by atoms with Crippen molar-refractivity contribution in [1.29, 1.82) is 0 Å². The van der Waals surface area contributed by atoms with Crippen molar-refractivity contribution >= 4 is 28.5 Å². The summed E-state index contributed by atoms with van der Waals surface area (Å²) in [7, 11) is 1.45. The van der Waals surface area contributed by atoms with Crippen molar-refractivity contribution in [1.82, 2.24) is 4.90 Å². The van der Waals surface area contributed by atoms with Crippen LogP contribution in [0.15, 0.2) is 39.5 Å². The molecular weight excluding hydrogens is 406 g/mol. The van der Waals surface area contributed by atoms with Crippen LogP contribution in [0.1, 0.15) is 53.1 Å². The van der Waals surface area contributed by atoms with E-state index in [-0.39, 0.29) is 34.2 Å². The number of carbonyl (C=O) groups excluding carboxylic acids is 1. The Kier molecular flexibility index (Phi) is 5.20. The monoisotopic (exact) mass is 427 g/mol. The highest BCUT2D eigenvalue weighted by Crippen LogP contribution is 2.41. The molecule has 0 saturated heterocycles. The number of hydrogen-bond acceptors (Lipinski definition) is 5. The van der Waals surface area contributed by atoms with Gasteiger partial charge in [-0.25, -0.2) is 0 Å². The van der Waals surface area contributed by atoms with Gasteiger partial charge >= 0.3 is 0 Å². The summed E-state index contributed by atoms with van der Waals surface area (Å²) in [4.78, 5) is 28.4. The minimum absolute atomic E-state index is 0.0151. The van der Waals surface area contributed by atoms with Crippen molar-refractivity contribution < 1.29 is 19.1 Å². The van der Waals surface area contributed by atoms with E-state index >= 15 is 0 Å². The highest BCUT2D eigenvalue weighted by Gasteiger charge is 2.42. The standard InChI is InChI=1S/C23H22ClNO5/c1-4-5-8-25-20(13-6-7-16(26)18(10-13)29-3)19-21(27)14-11-15(24)12(2)9-17(14)30-22(19)23(25)28/h6-7,9-11,20,26H,4-5,8H2,1-3H3. The van der Waals surface area contributed by atoms with Gasteiger partial charge in [-0.3, -0.25) is 9.59 Å². The quantitative estimate of drug-likeness (QED) is 0.631. The zero-order valence-electron chi connectivity index (χ0n) is 17.0. The highest BCUT2D eigenvalue weighted by molar-refractivity contribution is 6.32. The maximum atomic E-state index is 13.5. The molecule has 0 spiro atoms. The number of unbranched alkanes of at least 4 members (excludes halogenated alkanes) is 1. The average molecular weight is 428 g/mol. The van der Waals surface area contributed by atoms with Crippen molar-refractivity contribution in [2.75, 3.05) is 13.7 Å². The summed E-state index contributed by atoms with van der Waals surface area (Å²) in [5.74, 6) is -0.00384. The van der Waals surface area contributed by atoms with Crippen LogP contribution in [0.4, 0.5) is 0 Å². The first-order valence-corrected chi connectivity index (χ1v) is 10.2. The number of aromatic hydroxyl groups is 1. The smallest absolute Gasteiger partial charge is 0.290 e. The Morgan fingerprint density at radius 3 is 2.70 bits per heavy atom. The lowest BCUT2D eigenvalue weighted by Crippen LogP contribution is -2.30. The zero-order chi connectivity index (χ0) is 21.6. The molecule has 6 nitrogen and oxygen atoms in total. The summed E-state index contributed by atoms with van der Waals surface area (Å²) < 4.78 is 11.2. The van der Waals surface area contributed by atoms with Crippen LogP contribution in [-0.2, 0) is 0 Å². The average Bonchev–Trinajstić information content (AvgIpc) is 3.00. The van der Waals surface area contributed by atoms with Gasteiger partial charge in [0.05, 0.1) is 24.1 Å². The first-order valence-electron chi connectivity index (χ1n) is 9.82. The summed E-state index contributed by atoms with van der Waals surface area (Å²) in [6, 6.07) is 7.47. The summed E-state index contributed by atoms with van der Waals surface area (Å²) in [5, 5.41) is 10.8. The molecular formula is C23H22ClNO5. The van der Waals surface area contributed by atoms with Gasteiger partial charge < -0.3 is 19.2 Å². The van der Waals surface area contributed by atoms with Crippen molar-refractivity contribution in [2.45, 2.75) is 32.7 Å². The summed E-state index contributed by atoms with van der Waals surface area (Å²) in [6.45, 7) is 4.33. The molecule has 7 heteroatoms. The molecule has 1 unspecified atom stereocenters. The van der Waals surface area contributed by atoms with E-state index in [1.54, 1.807) is 29.2 Å². The fourth-order valence-electron chi connectivity index (χ4n) is 3.91. The maximum absolute atomic E-state index is 13.5. The Morgan fingerprint density at radius 2 is 2.00 bits per heavy atom. The van der Waals surface area contributed by atoms with Gasteiger partial charge in [0.1, 0.15) is 5.58 Å². The lowest BCUT2D eigenvalue weighted by Gasteiger charge is -2.25. The number of rotatable bonds is 5. The van der Waals surface area contributed by atoms with E-state index in [0.717, 1.165) is 18.4 Å². The van der Waals surface area contributed by atoms with Gasteiger partial charge in [0.25, 0.3) is 5.91 Å². The number of benzene rings is 2. The highest BCUT2D eigenvalue weighted by atomic mass is 35.5. The van der Waals surface area contributed by atoms with Crippen molar-refractivity contribution in [3.05, 3.63) is 68.0 Å². The first kappa shape index (κ1) is 20.3. The van der Waals surface area contributed by atoms with Crippen molar-refractivity contribution in [2.24, 2.45) is 0 Å². The van der Waals surface area contributed by atoms with E-state index < -0.39 is 6.04 Å². The normalized spacial score (nSPS) is 15.7. The minimum Gasteiger partial charge on any atom is -0.504 e. The van der Waals surface area contributed by atoms with Gasteiger partial charge in [0.2, 0.25) is 5.76 Å². The van der Waals surface area contributed by atoms with E-state index in [9.17, 15) is 14.7 Å². The molecule has 1 atom stereocenters. The van der Waals surface area contributed by atoms with Gasteiger partial charge in [-0.2, -0.15) is 0 Å². The van der Waals surface area contributed by atoms with Crippen LogP contribution in [0.2, 0.25) is 5.02 Å². The number of phenolic OH excluding ortho intramolecular Hbond substituents is 1. The number of amides is 1. The van der Waals surface area contributed by atoms with Crippen LogP contribution in [0.5, 0.6) is 11.5 Å². The number of methoxy groups -OCH3 is 1. The minimum atomic E-state index is -0.630. The van der Waals surface area contributed by atoms with Crippen LogP contribution >= 0.6 is 11.6 Å². The van der Waals surface area contributed by atoms with E-state index in [1.165, 1.54) is 13.2 Å². The van der Waals surface area contributed by atoms with Crippen molar-refractivity contribution in [3.63, 3.8) is 0 Å². The molecule has 3 aromatic rings. The summed E-state index contributed by atoms with van der Waals surface area (Å²) >= 11 is 6.24. The predicted molar refractivity (Wildman–Crippen MR) is 115 cm³/mol. The molecule has 1 N–H and O–H groups in total. The third-order valence-electron chi connectivity index (χ3n) is 5.52. The lowest BCUT2D eigenvalue weighted by atomic mass is 9.97. The second-order valence-electron chi connectivity index (χ2n) is 7.46. The Labute approximate surface area is 178 Å². The number of hydrogen-bond donors (Lipinski definition) is 1. The van der Waals surface area contributed by atoms with Crippen molar-refractivity contribution in [3.8, 4) is 11.5 Å². The molecule has 4 rings (SSSR count). The second kappa shape index (κ2) is 7.69. The zero-order valence-corrected chi connectivity index (χ0v) is 17.7. The lowest BCUT2D eigenvalue weighted by molar-refractivity contribution is 0.0725. The SMILES string of the molecule is CCCCN1C(=O)c2oc3cc(C)c(Cl)cc3c(=O)c2C1c1ccc(O)c(OC)c1. The number of phenols is 1. The molecule has 1 aromatic heterocycles. The molecule has 0 aliphatic carbocycles. The Hall–Kier alpha value is -2.99. The number of halogens is 1. The molecule has 1 aliphatic rings. The van der Waals surface area contributed by atoms with Gasteiger partial charge in [-0.15, -0.1) is 0 Å². The van der Waals surface area contributed by atoms with E-state index in [4.69, 9.17) is 20.8 Å². The third-order valence-corrected chi connectivity index (χ3v) is 5.93. The third kappa shape index (κ3) is 3.12. The summed E-state index contributed by atoms with van der Waals surface area (Å²) in [5.41, 5.74) is 1.78. The maximum Gasteiger partial charge on any atom is 0.290 e. The predicted octanol–water partition coefficient (Wildman–Crippen LogP) is 4.81. The van der Waals surface area contributed by atoms with Crippen LogP contribution < -0.4 is 10.2 Å². The largest absolute Gasteiger partial charge is 0.504 e. The number of nitrogens with zero attached hydrogens (tertiary/aromatic N) is 1. The summed E-state index contributed by atoms with van der Waals surface area (Å²) in [6.07, 6.45) is 1.67. The number of aryl methyl sites for hydroxylation is 1. The number of ether oxygens (including phenoxy) is 1. The molecule has 156 valence electrons. The van der Waals surface area contributed by atoms with Gasteiger partial charge in [-0.05, 0) is 48.7 Å². The van der Waals surface area contributed by atoms with Gasteiger partial charge in [0, 0.05) is 11.6 Å². The Bertz CT molecular complexity index is 1220. The molecule has 2 aromatic carbocycles. The van der Waals surface area contributed by atoms with Crippen LogP contribution in [0.3, 0.4) is 0 Å². The van der Waals surface area contributed by atoms with Crippen LogP contribution in [0.25, 0.3) is 11.0 Å². The topological polar surface area (TPSA) is 80.0 Å². The number of carbonyl (C=O) groups is 1. The fourth-order valence-corrected chi connectivity index (χ4v) is 4.07. The molecule has 1 amide bonds. The van der Waals surface area contributed by atoms with Gasteiger partial charge in [-0.1, -0.05) is 31.0 Å². The molecule has 0 radical (unpaired) electrons. The molecule has 0 fully saturated rings. The number of fused-ring (bicyclic) bond motifs is 2. The second-order valence-corrected chi connectivity index (χ2v) is 7.86. The van der Waals surface area contributed by atoms with E-state index in [2.05, 4.69) is 0 Å². The molecule has 2 heterocycles. The van der Waals surface area contributed by atoms with E-state index in [1.807, 2.05) is 13.8 Å². The van der Waals surface area contributed by atoms with Crippen LogP contribution in [-0.4, -0.2) is 29.6 Å². The Balaban J connectivity index is 1.99. The molecule has 1 aliphatic heterocycles. The molecule has 0 saturated carbocycles.